The zero-order valence-electron chi connectivity index (χ0n) is 17.8. The van der Waals surface area contributed by atoms with Crippen LogP contribution in [0, 0.1) is 5.92 Å². The highest BCUT2D eigenvalue weighted by Crippen LogP contribution is 2.42. The topological polar surface area (TPSA) is 46.5 Å². The SMILES string of the molecule is O=C(O[C@@H]1CC2CC[N+]1(CCCc1cccs1)CC2)C(O)(c1cccs1)c1cccs1.[Br-]. The Bertz CT molecular complexity index is 946. The minimum absolute atomic E-state index is 0. The van der Waals surface area contributed by atoms with E-state index < -0.39 is 11.6 Å². The molecule has 6 heterocycles. The summed E-state index contributed by atoms with van der Waals surface area (Å²) < 4.78 is 7.09. The molecular weight excluding hydrogens is 526 g/mol. The van der Waals surface area contributed by atoms with Gasteiger partial charge in [0.2, 0.25) is 11.8 Å². The van der Waals surface area contributed by atoms with Crippen LogP contribution < -0.4 is 17.0 Å². The third kappa shape index (κ3) is 4.50. The van der Waals surface area contributed by atoms with Crippen molar-refractivity contribution in [3.8, 4) is 0 Å². The molecule has 0 aromatic carbocycles. The van der Waals surface area contributed by atoms with Crippen molar-refractivity contribution in [2.75, 3.05) is 19.6 Å². The molecule has 32 heavy (non-hydrogen) atoms. The number of fused-ring (bicyclic) bond motifs is 3. The largest absolute Gasteiger partial charge is 1.00 e. The molecule has 3 fully saturated rings. The number of hydrogen-bond donors (Lipinski definition) is 1. The molecular formula is C24H28BrNO3S3. The zero-order valence-corrected chi connectivity index (χ0v) is 21.9. The van der Waals surface area contributed by atoms with Crippen molar-refractivity contribution in [2.24, 2.45) is 5.92 Å². The third-order valence-corrected chi connectivity index (χ3v) is 9.91. The highest BCUT2D eigenvalue weighted by atomic mass is 79.9. The molecule has 3 aliphatic rings. The van der Waals surface area contributed by atoms with Crippen molar-refractivity contribution in [1.82, 2.24) is 0 Å². The lowest BCUT2D eigenvalue weighted by molar-refractivity contribution is -0.984. The first-order valence-electron chi connectivity index (χ1n) is 11.0. The van der Waals surface area contributed by atoms with Crippen molar-refractivity contribution in [1.29, 1.82) is 0 Å². The number of halogens is 1. The Hall–Kier alpha value is -1.03. The van der Waals surface area contributed by atoms with E-state index in [1.807, 2.05) is 46.4 Å². The Balaban J connectivity index is 0.00000245. The van der Waals surface area contributed by atoms with Gasteiger partial charge in [0.25, 0.3) is 0 Å². The second-order valence-corrected chi connectivity index (χ2v) is 11.7. The van der Waals surface area contributed by atoms with E-state index in [4.69, 9.17) is 4.74 Å². The molecule has 3 saturated heterocycles. The van der Waals surface area contributed by atoms with Crippen LogP contribution in [0.5, 0.6) is 0 Å². The van der Waals surface area contributed by atoms with Crippen molar-refractivity contribution in [3.05, 3.63) is 67.2 Å². The zero-order chi connectivity index (χ0) is 21.3. The maximum Gasteiger partial charge on any atom is 0.353 e. The Labute approximate surface area is 211 Å². The Morgan fingerprint density at radius 1 is 1.03 bits per heavy atom. The molecule has 0 radical (unpaired) electrons. The lowest BCUT2D eigenvalue weighted by Crippen LogP contribution is -3.00. The van der Waals surface area contributed by atoms with Gasteiger partial charge in [-0.05, 0) is 46.7 Å². The molecule has 0 spiro atoms. The van der Waals surface area contributed by atoms with Gasteiger partial charge in [-0.15, -0.1) is 34.0 Å². The fourth-order valence-electron chi connectivity index (χ4n) is 5.22. The predicted octanol–water partition coefficient (Wildman–Crippen LogP) is 2.24. The maximum absolute atomic E-state index is 13.5. The highest BCUT2D eigenvalue weighted by Gasteiger charge is 2.52. The number of ether oxygens (including phenoxy) is 1. The van der Waals surface area contributed by atoms with E-state index in [0.717, 1.165) is 43.4 Å². The van der Waals surface area contributed by atoms with E-state index >= 15 is 0 Å². The summed E-state index contributed by atoms with van der Waals surface area (Å²) in [4.78, 5) is 16.2. The minimum atomic E-state index is -1.72. The average molecular weight is 555 g/mol. The third-order valence-electron chi connectivity index (χ3n) is 7.01. The van der Waals surface area contributed by atoms with Gasteiger partial charge in [-0.25, -0.2) is 4.79 Å². The molecule has 4 nitrogen and oxygen atoms in total. The van der Waals surface area contributed by atoms with Crippen LogP contribution in [0.4, 0.5) is 0 Å². The fourth-order valence-corrected chi connectivity index (χ4v) is 7.68. The molecule has 0 amide bonds. The number of piperidine rings is 3. The molecule has 3 aromatic heterocycles. The Morgan fingerprint density at radius 2 is 1.66 bits per heavy atom. The summed E-state index contributed by atoms with van der Waals surface area (Å²) in [5.41, 5.74) is -1.72. The van der Waals surface area contributed by atoms with E-state index in [0.29, 0.717) is 15.7 Å². The van der Waals surface area contributed by atoms with E-state index in [-0.39, 0.29) is 23.2 Å². The summed E-state index contributed by atoms with van der Waals surface area (Å²) in [6.45, 7) is 3.17. The molecule has 3 aliphatic heterocycles. The molecule has 0 unspecified atom stereocenters. The van der Waals surface area contributed by atoms with Crippen LogP contribution in [0.25, 0.3) is 0 Å². The summed E-state index contributed by atoms with van der Waals surface area (Å²) in [6, 6.07) is 11.7. The molecule has 6 rings (SSSR count). The second-order valence-electron chi connectivity index (χ2n) is 8.78. The quantitative estimate of drug-likeness (QED) is 0.343. The standard InChI is InChI=1S/C24H28NO3S3.BrH/c26-23(24(27,20-7-3-15-30-20)21-8-4-16-31-21)28-22-17-18-9-12-25(22,13-10-18)11-1-5-19-6-2-14-29-19;/h2-4,6-8,14-16,18,22,27H,1,5,9-13,17H2;1H/q+1;/p-1/t18?,22-,25?;/m1./s1. The fraction of sp³-hybridized carbons (Fsp3) is 0.458. The lowest BCUT2D eigenvalue weighted by atomic mass is 9.84. The number of hydrogen-bond acceptors (Lipinski definition) is 6. The first-order valence-corrected chi connectivity index (χ1v) is 13.6. The summed E-state index contributed by atoms with van der Waals surface area (Å²) >= 11 is 4.61. The number of esters is 1. The molecule has 0 saturated carbocycles. The smallest absolute Gasteiger partial charge is 0.353 e. The van der Waals surface area contributed by atoms with E-state index in [2.05, 4.69) is 17.5 Å². The van der Waals surface area contributed by atoms with Gasteiger partial charge >= 0.3 is 5.97 Å². The van der Waals surface area contributed by atoms with Crippen LogP contribution in [-0.2, 0) is 21.6 Å². The van der Waals surface area contributed by atoms with Crippen LogP contribution in [0.2, 0.25) is 0 Å². The summed E-state index contributed by atoms with van der Waals surface area (Å²) in [7, 11) is 0. The normalized spacial score (nSPS) is 24.8. The number of carbonyl (C=O) groups is 1. The van der Waals surface area contributed by atoms with Crippen LogP contribution >= 0.6 is 34.0 Å². The summed E-state index contributed by atoms with van der Waals surface area (Å²) in [5.74, 6) is 0.109. The van der Waals surface area contributed by atoms with Crippen molar-refractivity contribution < 1.29 is 36.1 Å². The molecule has 172 valence electrons. The van der Waals surface area contributed by atoms with E-state index in [9.17, 15) is 9.90 Å². The Kier molecular flexibility index (Phi) is 7.59. The first kappa shape index (κ1) is 24.1. The van der Waals surface area contributed by atoms with Gasteiger partial charge in [-0.3, -0.25) is 4.48 Å². The monoisotopic (exact) mass is 553 g/mol. The number of rotatable bonds is 8. The number of aryl methyl sites for hydroxylation is 1. The van der Waals surface area contributed by atoms with Gasteiger partial charge in [0, 0.05) is 30.6 Å². The van der Waals surface area contributed by atoms with Gasteiger partial charge in [0.1, 0.15) is 0 Å². The van der Waals surface area contributed by atoms with Gasteiger partial charge in [-0.1, -0.05) is 18.2 Å². The molecule has 1 atom stereocenters. The number of aliphatic hydroxyl groups is 1. The number of nitrogens with zero attached hydrogens (tertiary/aromatic N) is 1. The van der Waals surface area contributed by atoms with Crippen LogP contribution in [-0.4, -0.2) is 41.4 Å². The van der Waals surface area contributed by atoms with Gasteiger partial charge in [0.15, 0.2) is 0 Å². The predicted molar refractivity (Wildman–Crippen MR) is 126 cm³/mol. The molecule has 8 heteroatoms. The summed E-state index contributed by atoms with van der Waals surface area (Å²) in [6.07, 6.45) is 5.36. The Morgan fingerprint density at radius 3 is 2.22 bits per heavy atom. The van der Waals surface area contributed by atoms with Crippen molar-refractivity contribution in [3.63, 3.8) is 0 Å². The van der Waals surface area contributed by atoms with Gasteiger partial charge in [0.05, 0.1) is 29.4 Å². The number of quaternary nitrogens is 1. The lowest BCUT2D eigenvalue weighted by Gasteiger charge is -2.53. The molecule has 0 aliphatic carbocycles. The molecule has 2 bridgehead atoms. The van der Waals surface area contributed by atoms with Crippen LogP contribution in [0.3, 0.4) is 0 Å². The van der Waals surface area contributed by atoms with Crippen LogP contribution in [0.15, 0.2) is 52.5 Å². The number of thiophene rings is 3. The van der Waals surface area contributed by atoms with E-state index in [1.54, 1.807) is 0 Å². The van der Waals surface area contributed by atoms with Gasteiger partial charge < -0.3 is 26.8 Å². The van der Waals surface area contributed by atoms with Gasteiger partial charge in [-0.2, -0.15) is 0 Å². The van der Waals surface area contributed by atoms with Crippen LogP contribution in [0.1, 0.15) is 40.3 Å². The number of carbonyl (C=O) groups excluding carboxylic acids is 1. The molecule has 3 aromatic rings. The maximum atomic E-state index is 13.5. The summed E-state index contributed by atoms with van der Waals surface area (Å²) in [5, 5.41) is 17.6. The molecule has 1 N–H and O–H groups in total. The average Bonchev–Trinajstić information content (AvgIpc) is 3.58. The van der Waals surface area contributed by atoms with Crippen molar-refractivity contribution in [2.45, 2.75) is 43.9 Å². The second kappa shape index (κ2) is 10.1. The van der Waals surface area contributed by atoms with Crippen molar-refractivity contribution >= 4 is 40.0 Å². The first-order chi connectivity index (χ1) is 15.1. The highest BCUT2D eigenvalue weighted by molar-refractivity contribution is 7.12. The minimum Gasteiger partial charge on any atom is -1.00 e. The van der Waals surface area contributed by atoms with E-state index in [1.165, 1.54) is 40.4 Å².